The standard InChI is InChI=1S/C13H15FO5S/c1-8-11(14)6-9(13(15)16)7-12(8)20(17,18)10-2-4-19-5-3-10/h6-7,10H,2-5H2,1H3,(H,15,16). The molecule has 110 valence electrons. The van der Waals surface area contributed by atoms with Gasteiger partial charge in [0.15, 0.2) is 9.84 Å². The van der Waals surface area contributed by atoms with E-state index >= 15 is 0 Å². The lowest BCUT2D eigenvalue weighted by Crippen LogP contribution is -2.29. The quantitative estimate of drug-likeness (QED) is 0.920. The van der Waals surface area contributed by atoms with Crippen LogP contribution >= 0.6 is 0 Å². The zero-order valence-electron chi connectivity index (χ0n) is 10.9. The number of carbonyl (C=O) groups is 1. The molecular weight excluding hydrogens is 287 g/mol. The topological polar surface area (TPSA) is 80.7 Å². The van der Waals surface area contributed by atoms with E-state index in [0.717, 1.165) is 12.1 Å². The van der Waals surface area contributed by atoms with Crippen molar-refractivity contribution in [1.29, 1.82) is 0 Å². The highest BCUT2D eigenvalue weighted by Crippen LogP contribution is 2.28. The first-order chi connectivity index (χ1) is 9.34. The van der Waals surface area contributed by atoms with Crippen molar-refractivity contribution in [2.24, 2.45) is 0 Å². The Balaban J connectivity index is 2.52. The van der Waals surface area contributed by atoms with Gasteiger partial charge < -0.3 is 9.84 Å². The average Bonchev–Trinajstić information content (AvgIpc) is 2.42. The van der Waals surface area contributed by atoms with Crippen molar-refractivity contribution >= 4 is 15.8 Å². The van der Waals surface area contributed by atoms with E-state index in [0.29, 0.717) is 26.1 Å². The fourth-order valence-electron chi connectivity index (χ4n) is 2.24. The van der Waals surface area contributed by atoms with Gasteiger partial charge in [-0.25, -0.2) is 17.6 Å². The Hall–Kier alpha value is -1.47. The summed E-state index contributed by atoms with van der Waals surface area (Å²) < 4.78 is 43.9. The van der Waals surface area contributed by atoms with Gasteiger partial charge in [0.1, 0.15) is 5.82 Å². The van der Waals surface area contributed by atoms with Gasteiger partial charge in [-0.1, -0.05) is 0 Å². The second-order valence-electron chi connectivity index (χ2n) is 4.74. The smallest absolute Gasteiger partial charge is 0.335 e. The zero-order chi connectivity index (χ0) is 14.9. The number of hydrogen-bond acceptors (Lipinski definition) is 4. The summed E-state index contributed by atoms with van der Waals surface area (Å²) in [6.07, 6.45) is 0.668. The summed E-state index contributed by atoms with van der Waals surface area (Å²) in [5.74, 6) is -2.18. The number of halogens is 1. The van der Waals surface area contributed by atoms with Gasteiger partial charge in [0, 0.05) is 18.8 Å². The molecule has 2 rings (SSSR count). The van der Waals surface area contributed by atoms with Crippen molar-refractivity contribution in [3.05, 3.63) is 29.1 Å². The number of carboxylic acids is 1. The first-order valence-corrected chi connectivity index (χ1v) is 7.73. The van der Waals surface area contributed by atoms with Gasteiger partial charge in [-0.05, 0) is 31.9 Å². The van der Waals surface area contributed by atoms with E-state index in [1.54, 1.807) is 0 Å². The second kappa shape index (κ2) is 5.49. The van der Waals surface area contributed by atoms with Gasteiger partial charge in [-0.2, -0.15) is 0 Å². The maximum Gasteiger partial charge on any atom is 0.335 e. The molecule has 0 amide bonds. The summed E-state index contributed by atoms with van der Waals surface area (Å²) in [4.78, 5) is 10.7. The highest BCUT2D eigenvalue weighted by molar-refractivity contribution is 7.92. The van der Waals surface area contributed by atoms with Crippen molar-refractivity contribution in [3.63, 3.8) is 0 Å². The van der Waals surface area contributed by atoms with Crippen LogP contribution in [0.4, 0.5) is 4.39 Å². The first kappa shape index (κ1) is 14.9. The minimum absolute atomic E-state index is 0.0403. The van der Waals surface area contributed by atoms with Gasteiger partial charge in [0.25, 0.3) is 0 Å². The monoisotopic (exact) mass is 302 g/mol. The predicted molar refractivity (Wildman–Crippen MR) is 69.1 cm³/mol. The third kappa shape index (κ3) is 2.69. The molecule has 0 atom stereocenters. The van der Waals surface area contributed by atoms with Gasteiger partial charge in [0.05, 0.1) is 15.7 Å². The van der Waals surface area contributed by atoms with E-state index in [2.05, 4.69) is 0 Å². The maximum atomic E-state index is 13.7. The van der Waals surface area contributed by atoms with Crippen molar-refractivity contribution in [2.75, 3.05) is 13.2 Å². The number of benzene rings is 1. The predicted octanol–water partition coefficient (Wildman–Crippen LogP) is 1.79. The normalized spacial score (nSPS) is 17.1. The lowest BCUT2D eigenvalue weighted by molar-refractivity contribution is 0.0696. The minimum atomic E-state index is -3.75. The largest absolute Gasteiger partial charge is 0.478 e. The van der Waals surface area contributed by atoms with Crippen LogP contribution in [-0.2, 0) is 14.6 Å². The maximum absolute atomic E-state index is 13.7. The van der Waals surface area contributed by atoms with E-state index in [1.165, 1.54) is 6.92 Å². The zero-order valence-corrected chi connectivity index (χ0v) is 11.7. The van der Waals surface area contributed by atoms with Crippen LogP contribution in [0.2, 0.25) is 0 Å². The molecule has 0 spiro atoms. The third-order valence-electron chi connectivity index (χ3n) is 3.46. The third-order valence-corrected chi connectivity index (χ3v) is 5.84. The first-order valence-electron chi connectivity index (χ1n) is 6.19. The summed E-state index contributed by atoms with van der Waals surface area (Å²) in [6, 6.07) is 1.87. The molecule has 1 heterocycles. The number of ether oxygens (including phenoxy) is 1. The number of hydrogen-bond donors (Lipinski definition) is 1. The number of sulfone groups is 1. The van der Waals surface area contributed by atoms with E-state index in [1.807, 2.05) is 0 Å². The Kier molecular flexibility index (Phi) is 4.10. The molecule has 5 nitrogen and oxygen atoms in total. The summed E-state index contributed by atoms with van der Waals surface area (Å²) in [7, 11) is -3.75. The number of aromatic carboxylic acids is 1. The molecule has 0 bridgehead atoms. The molecule has 1 fully saturated rings. The lowest BCUT2D eigenvalue weighted by atomic mass is 10.1. The van der Waals surface area contributed by atoms with Crippen LogP contribution in [0.3, 0.4) is 0 Å². The van der Waals surface area contributed by atoms with Crippen molar-refractivity contribution in [1.82, 2.24) is 0 Å². The molecule has 0 aromatic heterocycles. The Labute approximate surface area is 116 Å². The van der Waals surface area contributed by atoms with Crippen LogP contribution in [0.15, 0.2) is 17.0 Å². The molecule has 1 aliphatic heterocycles. The van der Waals surface area contributed by atoms with Crippen molar-refractivity contribution in [2.45, 2.75) is 29.9 Å². The van der Waals surface area contributed by atoms with Crippen LogP contribution in [0.5, 0.6) is 0 Å². The fraction of sp³-hybridized carbons (Fsp3) is 0.462. The van der Waals surface area contributed by atoms with E-state index in [4.69, 9.17) is 9.84 Å². The van der Waals surface area contributed by atoms with Gasteiger partial charge in [-0.3, -0.25) is 0 Å². The molecule has 0 unspecified atom stereocenters. The molecule has 1 aromatic rings. The Morgan fingerprint density at radius 3 is 2.50 bits per heavy atom. The van der Waals surface area contributed by atoms with Crippen LogP contribution < -0.4 is 0 Å². The number of carboxylic acid groups (broad SMARTS) is 1. The van der Waals surface area contributed by atoms with E-state index < -0.39 is 26.9 Å². The summed E-state index contributed by atoms with van der Waals surface area (Å²) in [5, 5.41) is 8.26. The van der Waals surface area contributed by atoms with Gasteiger partial charge >= 0.3 is 5.97 Å². The second-order valence-corrected chi connectivity index (χ2v) is 6.94. The Morgan fingerprint density at radius 1 is 1.35 bits per heavy atom. The van der Waals surface area contributed by atoms with E-state index in [-0.39, 0.29) is 16.0 Å². The molecule has 0 saturated carbocycles. The summed E-state index contributed by atoms with van der Waals surface area (Å²) >= 11 is 0. The number of rotatable bonds is 3. The molecule has 0 aliphatic carbocycles. The van der Waals surface area contributed by atoms with Crippen LogP contribution in [-0.4, -0.2) is 38.0 Å². The Morgan fingerprint density at radius 2 is 1.95 bits per heavy atom. The molecular formula is C13H15FO5S. The highest BCUT2D eigenvalue weighted by atomic mass is 32.2. The molecule has 1 saturated heterocycles. The minimum Gasteiger partial charge on any atom is -0.478 e. The van der Waals surface area contributed by atoms with E-state index in [9.17, 15) is 17.6 Å². The lowest BCUT2D eigenvalue weighted by Gasteiger charge is -2.23. The molecule has 20 heavy (non-hydrogen) atoms. The molecule has 7 heteroatoms. The van der Waals surface area contributed by atoms with Crippen molar-refractivity contribution < 1.29 is 27.4 Å². The molecule has 1 aliphatic rings. The summed E-state index contributed by atoms with van der Waals surface area (Å²) in [5.41, 5.74) is -0.403. The van der Waals surface area contributed by atoms with Gasteiger partial charge in [0.2, 0.25) is 0 Å². The van der Waals surface area contributed by atoms with Crippen LogP contribution in [0.25, 0.3) is 0 Å². The SMILES string of the molecule is Cc1c(F)cc(C(=O)O)cc1S(=O)(=O)C1CCOCC1. The fourth-order valence-corrected chi connectivity index (χ4v) is 4.23. The highest BCUT2D eigenvalue weighted by Gasteiger charge is 2.32. The molecule has 1 aromatic carbocycles. The Bertz CT molecular complexity index is 632. The molecule has 1 N–H and O–H groups in total. The van der Waals surface area contributed by atoms with Crippen molar-refractivity contribution in [3.8, 4) is 0 Å². The summed E-state index contributed by atoms with van der Waals surface area (Å²) in [6.45, 7) is 2.02. The van der Waals surface area contributed by atoms with Crippen LogP contribution in [0, 0.1) is 12.7 Å². The van der Waals surface area contributed by atoms with Crippen LogP contribution in [0.1, 0.15) is 28.8 Å². The van der Waals surface area contributed by atoms with Gasteiger partial charge in [-0.15, -0.1) is 0 Å². The average molecular weight is 302 g/mol. The molecule has 0 radical (unpaired) electrons.